The fraction of sp³-hybridized carbons (Fsp3) is 0.625. The summed E-state index contributed by atoms with van der Waals surface area (Å²) in [7, 11) is 0. The Morgan fingerprint density at radius 3 is 2.24 bits per heavy atom. The van der Waals surface area contributed by atoms with Gasteiger partial charge in [-0.2, -0.15) is 0 Å². The van der Waals surface area contributed by atoms with Crippen LogP contribution in [0.4, 0.5) is 0 Å². The Hall–Kier alpha value is -0.490. The first-order valence-electron chi connectivity index (χ1n) is 6.71. The molecule has 0 saturated heterocycles. The zero-order chi connectivity index (χ0) is 12.5. The van der Waals surface area contributed by atoms with Gasteiger partial charge in [0.1, 0.15) is 0 Å². The van der Waals surface area contributed by atoms with E-state index in [0.717, 1.165) is 6.42 Å². The van der Waals surface area contributed by atoms with Gasteiger partial charge in [0.2, 0.25) is 0 Å². The minimum atomic E-state index is 0.250. The minimum Gasteiger partial charge on any atom is -0.123 e. The van der Waals surface area contributed by atoms with E-state index in [1.807, 2.05) is 0 Å². The van der Waals surface area contributed by atoms with Gasteiger partial charge in [0.05, 0.1) is 0 Å². The quantitative estimate of drug-likeness (QED) is 0.598. The molecule has 0 N–H and O–H groups in total. The molecule has 1 aromatic rings. The summed E-state index contributed by atoms with van der Waals surface area (Å²) >= 11 is 6.27. The molecule has 0 bridgehead atoms. The largest absolute Gasteiger partial charge is 0.123 e. The lowest BCUT2D eigenvalue weighted by Crippen LogP contribution is -2.15. The van der Waals surface area contributed by atoms with Crippen LogP contribution in [0.25, 0.3) is 0 Å². The van der Waals surface area contributed by atoms with E-state index >= 15 is 0 Å². The second kappa shape index (κ2) is 5.02. The van der Waals surface area contributed by atoms with Crippen LogP contribution in [0, 0.1) is 0 Å². The second-order valence-electron chi connectivity index (χ2n) is 6.33. The molecule has 1 aliphatic rings. The first-order chi connectivity index (χ1) is 7.97. The Morgan fingerprint density at radius 1 is 1.06 bits per heavy atom. The molecular formula is C16H23Cl. The molecule has 2 unspecified atom stereocenters. The summed E-state index contributed by atoms with van der Waals surface area (Å²) in [5.74, 6) is 0.681. The molecule has 0 spiro atoms. The van der Waals surface area contributed by atoms with Gasteiger partial charge >= 0.3 is 0 Å². The van der Waals surface area contributed by atoms with Crippen molar-refractivity contribution in [1.29, 1.82) is 0 Å². The highest BCUT2D eigenvalue weighted by atomic mass is 35.5. The number of rotatable bonds is 1. The fourth-order valence-corrected chi connectivity index (χ4v) is 3.06. The van der Waals surface area contributed by atoms with Gasteiger partial charge in [0.25, 0.3) is 0 Å². The van der Waals surface area contributed by atoms with Crippen molar-refractivity contribution >= 4 is 11.6 Å². The normalized spacial score (nSPS) is 25.9. The fourth-order valence-electron chi connectivity index (χ4n) is 2.69. The summed E-state index contributed by atoms with van der Waals surface area (Å²) in [6.07, 6.45) is 4.92. The number of hydrogen-bond acceptors (Lipinski definition) is 0. The molecule has 0 nitrogen and oxygen atoms in total. The van der Waals surface area contributed by atoms with Crippen LogP contribution in [-0.2, 0) is 5.41 Å². The van der Waals surface area contributed by atoms with E-state index in [1.165, 1.54) is 30.4 Å². The predicted octanol–water partition coefficient (Wildman–Crippen LogP) is 5.25. The van der Waals surface area contributed by atoms with Crippen LogP contribution in [-0.4, -0.2) is 5.38 Å². The molecule has 2 atom stereocenters. The summed E-state index contributed by atoms with van der Waals surface area (Å²) in [5.41, 5.74) is 3.14. The van der Waals surface area contributed by atoms with Gasteiger partial charge in [0.15, 0.2) is 0 Å². The number of halogens is 1. The smallest absolute Gasteiger partial charge is 0.0341 e. The Morgan fingerprint density at radius 2 is 1.71 bits per heavy atom. The van der Waals surface area contributed by atoms with Crippen molar-refractivity contribution < 1.29 is 0 Å². The summed E-state index contributed by atoms with van der Waals surface area (Å²) < 4.78 is 0. The molecule has 1 heteroatoms. The van der Waals surface area contributed by atoms with Gasteiger partial charge in [-0.3, -0.25) is 0 Å². The Bertz CT molecular complexity index is 358. The SMILES string of the molecule is CC(C)(C)c1ccc(C2CCCC(Cl)C2)cc1. The van der Waals surface area contributed by atoms with E-state index in [-0.39, 0.29) is 5.41 Å². The standard InChI is InChI=1S/C16H23Cl/c1-16(2,3)14-9-7-12(8-10-14)13-5-4-6-15(17)11-13/h7-10,13,15H,4-6,11H2,1-3H3. The van der Waals surface area contributed by atoms with Gasteiger partial charge < -0.3 is 0 Å². The maximum absolute atomic E-state index is 6.27. The van der Waals surface area contributed by atoms with Gasteiger partial charge in [-0.05, 0) is 41.7 Å². The third-order valence-electron chi connectivity index (χ3n) is 3.86. The van der Waals surface area contributed by atoms with Gasteiger partial charge in [-0.15, -0.1) is 11.6 Å². The van der Waals surface area contributed by atoms with Crippen molar-refractivity contribution in [3.8, 4) is 0 Å². The van der Waals surface area contributed by atoms with E-state index in [9.17, 15) is 0 Å². The lowest BCUT2D eigenvalue weighted by Gasteiger charge is -2.26. The molecule has 1 aliphatic carbocycles. The first kappa shape index (κ1) is 13.0. The zero-order valence-corrected chi connectivity index (χ0v) is 11.9. The van der Waals surface area contributed by atoms with Crippen LogP contribution in [0.3, 0.4) is 0 Å². The van der Waals surface area contributed by atoms with Crippen molar-refractivity contribution in [3.63, 3.8) is 0 Å². The number of alkyl halides is 1. The van der Waals surface area contributed by atoms with Gasteiger partial charge in [-0.1, -0.05) is 51.5 Å². The number of benzene rings is 1. The minimum absolute atomic E-state index is 0.250. The molecule has 2 rings (SSSR count). The van der Waals surface area contributed by atoms with Crippen molar-refractivity contribution in [2.75, 3.05) is 0 Å². The van der Waals surface area contributed by atoms with E-state index in [4.69, 9.17) is 11.6 Å². The predicted molar refractivity (Wildman–Crippen MR) is 76.0 cm³/mol. The highest BCUT2D eigenvalue weighted by Gasteiger charge is 2.22. The summed E-state index contributed by atoms with van der Waals surface area (Å²) in [6.45, 7) is 6.78. The maximum Gasteiger partial charge on any atom is 0.0341 e. The van der Waals surface area contributed by atoms with Gasteiger partial charge in [-0.25, -0.2) is 0 Å². The molecular weight excluding hydrogens is 228 g/mol. The van der Waals surface area contributed by atoms with Crippen LogP contribution in [0.2, 0.25) is 0 Å². The Labute approximate surface area is 110 Å². The zero-order valence-electron chi connectivity index (χ0n) is 11.2. The summed E-state index contributed by atoms with van der Waals surface area (Å²) in [5, 5.41) is 0.385. The maximum atomic E-state index is 6.27. The van der Waals surface area contributed by atoms with Crippen LogP contribution in [0.15, 0.2) is 24.3 Å². The highest BCUT2D eigenvalue weighted by molar-refractivity contribution is 6.20. The van der Waals surface area contributed by atoms with E-state index < -0.39 is 0 Å². The molecule has 17 heavy (non-hydrogen) atoms. The average molecular weight is 251 g/mol. The molecule has 0 aromatic heterocycles. The monoisotopic (exact) mass is 250 g/mol. The van der Waals surface area contributed by atoms with Crippen molar-refractivity contribution in [2.45, 2.75) is 63.2 Å². The Kier molecular flexibility index (Phi) is 3.82. The molecule has 0 heterocycles. The molecule has 0 radical (unpaired) electrons. The van der Waals surface area contributed by atoms with Crippen LogP contribution in [0.1, 0.15) is 63.5 Å². The van der Waals surface area contributed by atoms with E-state index in [1.54, 1.807) is 0 Å². The molecule has 0 aliphatic heterocycles. The number of hydrogen-bond donors (Lipinski definition) is 0. The van der Waals surface area contributed by atoms with Crippen molar-refractivity contribution in [2.24, 2.45) is 0 Å². The molecule has 0 amide bonds. The summed E-state index contributed by atoms with van der Waals surface area (Å²) in [4.78, 5) is 0. The lowest BCUT2D eigenvalue weighted by atomic mass is 9.81. The van der Waals surface area contributed by atoms with Crippen LogP contribution < -0.4 is 0 Å². The summed E-state index contributed by atoms with van der Waals surface area (Å²) in [6, 6.07) is 9.18. The van der Waals surface area contributed by atoms with Gasteiger partial charge in [0, 0.05) is 5.38 Å². The molecule has 1 saturated carbocycles. The van der Waals surface area contributed by atoms with E-state index in [0.29, 0.717) is 11.3 Å². The van der Waals surface area contributed by atoms with Crippen molar-refractivity contribution in [3.05, 3.63) is 35.4 Å². The molecule has 94 valence electrons. The third-order valence-corrected chi connectivity index (χ3v) is 4.25. The highest BCUT2D eigenvalue weighted by Crippen LogP contribution is 2.35. The van der Waals surface area contributed by atoms with Crippen LogP contribution in [0.5, 0.6) is 0 Å². The molecule has 1 aromatic carbocycles. The molecule has 1 fully saturated rings. The van der Waals surface area contributed by atoms with E-state index in [2.05, 4.69) is 45.0 Å². The first-order valence-corrected chi connectivity index (χ1v) is 7.15. The second-order valence-corrected chi connectivity index (χ2v) is 6.95. The third kappa shape index (κ3) is 3.25. The van der Waals surface area contributed by atoms with Crippen molar-refractivity contribution in [1.82, 2.24) is 0 Å². The average Bonchev–Trinajstić information content (AvgIpc) is 2.28. The van der Waals surface area contributed by atoms with Crippen LogP contribution >= 0.6 is 11.6 Å². The lowest BCUT2D eigenvalue weighted by molar-refractivity contribution is 0.449. The Balaban J connectivity index is 2.12. The topological polar surface area (TPSA) is 0 Å².